The highest BCUT2D eigenvalue weighted by Crippen LogP contribution is 2.33. The van der Waals surface area contributed by atoms with Gasteiger partial charge in [-0.1, -0.05) is 12.1 Å². The lowest BCUT2D eigenvalue weighted by atomic mass is 10.1. The van der Waals surface area contributed by atoms with E-state index in [0.717, 1.165) is 0 Å². The molecule has 0 aliphatic heterocycles. The first kappa shape index (κ1) is 18.2. The Morgan fingerprint density at radius 2 is 1.78 bits per heavy atom. The number of pyridine rings is 2. The molecule has 0 spiro atoms. The highest BCUT2D eigenvalue weighted by molar-refractivity contribution is 5.96. The lowest BCUT2D eigenvalue weighted by molar-refractivity contribution is 0.628. The molecule has 0 saturated carbocycles. The molecule has 0 bridgehead atoms. The standard InChI is InChI=1S/C22H12F2N8/c23-13-3-1-2-11(6-13)18-19-15(4-5-27-18)29-22(30-19)20-16-17(24)14(9-28-21(16)32-31-20)12-7-25-10-26-8-12/h1-10H,(H,29,30)(H,28,31,32). The number of aromatic nitrogens is 8. The minimum absolute atomic E-state index is 0.186. The van der Waals surface area contributed by atoms with E-state index < -0.39 is 5.82 Å². The van der Waals surface area contributed by atoms with E-state index in [1.165, 1.54) is 37.1 Å². The van der Waals surface area contributed by atoms with Gasteiger partial charge in [0, 0.05) is 41.5 Å². The molecule has 0 radical (unpaired) electrons. The molecular weight excluding hydrogens is 414 g/mol. The van der Waals surface area contributed by atoms with Crippen molar-refractivity contribution in [3.8, 4) is 33.9 Å². The molecule has 0 aliphatic rings. The Bertz CT molecular complexity index is 1610. The first-order valence-electron chi connectivity index (χ1n) is 9.58. The van der Waals surface area contributed by atoms with Gasteiger partial charge in [-0.05, 0) is 18.2 Å². The van der Waals surface area contributed by atoms with Crippen LogP contribution in [0.15, 0.2) is 61.4 Å². The molecule has 6 aromatic rings. The van der Waals surface area contributed by atoms with E-state index in [1.807, 2.05) is 0 Å². The Morgan fingerprint density at radius 3 is 2.62 bits per heavy atom. The van der Waals surface area contributed by atoms with Crippen LogP contribution in [0, 0.1) is 11.6 Å². The molecule has 32 heavy (non-hydrogen) atoms. The maximum absolute atomic E-state index is 15.5. The fourth-order valence-corrected chi connectivity index (χ4v) is 3.66. The van der Waals surface area contributed by atoms with Gasteiger partial charge in [-0.3, -0.25) is 10.1 Å². The van der Waals surface area contributed by atoms with Crippen LogP contribution in [0.2, 0.25) is 0 Å². The summed E-state index contributed by atoms with van der Waals surface area (Å²) in [5.41, 5.74) is 3.58. The number of H-pyrrole nitrogens is 2. The molecule has 0 atom stereocenters. The van der Waals surface area contributed by atoms with Crippen molar-refractivity contribution in [3.05, 3.63) is 73.1 Å². The molecule has 10 heteroatoms. The number of hydrogen-bond donors (Lipinski definition) is 2. The molecule has 5 heterocycles. The van der Waals surface area contributed by atoms with Crippen LogP contribution < -0.4 is 0 Å². The van der Waals surface area contributed by atoms with E-state index in [1.54, 1.807) is 24.4 Å². The Morgan fingerprint density at radius 1 is 0.906 bits per heavy atom. The second-order valence-electron chi connectivity index (χ2n) is 7.06. The van der Waals surface area contributed by atoms with Crippen molar-refractivity contribution in [3.63, 3.8) is 0 Å². The van der Waals surface area contributed by atoms with Crippen molar-refractivity contribution in [2.45, 2.75) is 0 Å². The molecule has 8 nitrogen and oxygen atoms in total. The summed E-state index contributed by atoms with van der Waals surface area (Å²) in [4.78, 5) is 24.3. The first-order valence-corrected chi connectivity index (χ1v) is 9.58. The molecule has 5 aromatic heterocycles. The number of halogens is 2. The summed E-state index contributed by atoms with van der Waals surface area (Å²) in [5.74, 6) is -0.532. The van der Waals surface area contributed by atoms with Gasteiger partial charge in [0.25, 0.3) is 0 Å². The van der Waals surface area contributed by atoms with Crippen molar-refractivity contribution < 1.29 is 8.78 Å². The number of nitrogens with one attached hydrogen (secondary N) is 2. The van der Waals surface area contributed by atoms with Crippen molar-refractivity contribution in [2.24, 2.45) is 0 Å². The van der Waals surface area contributed by atoms with Gasteiger partial charge in [-0.2, -0.15) is 5.10 Å². The summed E-state index contributed by atoms with van der Waals surface area (Å²) in [6.45, 7) is 0. The summed E-state index contributed by atoms with van der Waals surface area (Å²) in [5, 5.41) is 7.13. The second-order valence-corrected chi connectivity index (χ2v) is 7.06. The Hall–Kier alpha value is -4.60. The SMILES string of the molecule is Fc1cccc(-c2nccc3[nH]c(-c4[nH]nc5ncc(-c6cncnc6)c(F)c45)nc23)c1. The summed E-state index contributed by atoms with van der Waals surface area (Å²) in [6, 6.07) is 7.86. The summed E-state index contributed by atoms with van der Waals surface area (Å²) >= 11 is 0. The average molecular weight is 426 g/mol. The number of aromatic amines is 2. The summed E-state index contributed by atoms with van der Waals surface area (Å²) in [7, 11) is 0. The fraction of sp³-hybridized carbons (Fsp3) is 0. The lowest BCUT2D eigenvalue weighted by Crippen LogP contribution is -1.92. The number of hydrogen-bond acceptors (Lipinski definition) is 6. The molecule has 0 saturated heterocycles. The Kier molecular flexibility index (Phi) is 3.97. The third kappa shape index (κ3) is 2.81. The molecule has 154 valence electrons. The molecule has 0 unspecified atom stereocenters. The number of fused-ring (bicyclic) bond motifs is 2. The number of rotatable bonds is 3. The minimum Gasteiger partial charge on any atom is -0.337 e. The van der Waals surface area contributed by atoms with E-state index in [-0.39, 0.29) is 22.4 Å². The van der Waals surface area contributed by atoms with Crippen LogP contribution in [0.1, 0.15) is 0 Å². The summed E-state index contributed by atoms with van der Waals surface area (Å²) < 4.78 is 29.3. The highest BCUT2D eigenvalue weighted by Gasteiger charge is 2.21. The third-order valence-corrected chi connectivity index (χ3v) is 5.13. The Balaban J connectivity index is 1.55. The zero-order valence-electron chi connectivity index (χ0n) is 16.2. The predicted molar refractivity (Wildman–Crippen MR) is 113 cm³/mol. The normalized spacial score (nSPS) is 11.4. The van der Waals surface area contributed by atoms with E-state index in [9.17, 15) is 4.39 Å². The largest absolute Gasteiger partial charge is 0.337 e. The van der Waals surface area contributed by atoms with Gasteiger partial charge < -0.3 is 4.98 Å². The zero-order chi connectivity index (χ0) is 21.7. The summed E-state index contributed by atoms with van der Waals surface area (Å²) in [6.07, 6.45) is 7.39. The number of imidazole rings is 1. The number of benzene rings is 1. The maximum atomic E-state index is 15.5. The molecule has 6 rings (SSSR count). The van der Waals surface area contributed by atoms with Gasteiger partial charge >= 0.3 is 0 Å². The highest BCUT2D eigenvalue weighted by atomic mass is 19.1. The lowest BCUT2D eigenvalue weighted by Gasteiger charge is -2.03. The molecule has 2 N–H and O–H groups in total. The van der Waals surface area contributed by atoms with Gasteiger partial charge in [-0.25, -0.2) is 28.7 Å². The molecule has 0 fully saturated rings. The van der Waals surface area contributed by atoms with Crippen molar-refractivity contribution >= 4 is 22.1 Å². The number of nitrogens with zero attached hydrogens (tertiary/aromatic N) is 6. The first-order chi connectivity index (χ1) is 15.7. The van der Waals surface area contributed by atoms with Crippen LogP contribution >= 0.6 is 0 Å². The monoisotopic (exact) mass is 426 g/mol. The minimum atomic E-state index is -0.516. The molecular formula is C22H12F2N8. The van der Waals surface area contributed by atoms with Crippen LogP contribution in [-0.2, 0) is 0 Å². The van der Waals surface area contributed by atoms with E-state index in [2.05, 4.69) is 40.1 Å². The van der Waals surface area contributed by atoms with Crippen LogP contribution in [0.5, 0.6) is 0 Å². The van der Waals surface area contributed by atoms with Gasteiger partial charge in [0.2, 0.25) is 0 Å². The Labute approximate surface area is 178 Å². The molecule has 1 aromatic carbocycles. The van der Waals surface area contributed by atoms with Crippen LogP contribution in [0.3, 0.4) is 0 Å². The van der Waals surface area contributed by atoms with E-state index >= 15 is 4.39 Å². The zero-order valence-corrected chi connectivity index (χ0v) is 16.2. The van der Waals surface area contributed by atoms with Gasteiger partial charge in [0.05, 0.1) is 16.6 Å². The smallest absolute Gasteiger partial charge is 0.184 e. The van der Waals surface area contributed by atoms with Gasteiger partial charge in [0.1, 0.15) is 29.2 Å². The van der Waals surface area contributed by atoms with E-state index in [4.69, 9.17) is 0 Å². The van der Waals surface area contributed by atoms with Crippen LogP contribution in [0.4, 0.5) is 8.78 Å². The molecule has 0 aliphatic carbocycles. The predicted octanol–water partition coefficient (Wildman–Crippen LogP) is 4.30. The van der Waals surface area contributed by atoms with Crippen LogP contribution in [-0.4, -0.2) is 40.1 Å². The van der Waals surface area contributed by atoms with Gasteiger partial charge in [-0.15, -0.1) is 0 Å². The van der Waals surface area contributed by atoms with Crippen molar-refractivity contribution in [1.82, 2.24) is 40.1 Å². The fourth-order valence-electron chi connectivity index (χ4n) is 3.66. The second kappa shape index (κ2) is 6.98. The topological polar surface area (TPSA) is 109 Å². The third-order valence-electron chi connectivity index (χ3n) is 5.13. The molecule has 0 amide bonds. The average Bonchev–Trinajstić information content (AvgIpc) is 3.44. The van der Waals surface area contributed by atoms with E-state index in [0.29, 0.717) is 39.4 Å². The maximum Gasteiger partial charge on any atom is 0.184 e. The van der Waals surface area contributed by atoms with Crippen molar-refractivity contribution in [2.75, 3.05) is 0 Å². The quantitative estimate of drug-likeness (QED) is 0.437. The van der Waals surface area contributed by atoms with Gasteiger partial charge in [0.15, 0.2) is 11.5 Å². The van der Waals surface area contributed by atoms with Crippen molar-refractivity contribution in [1.29, 1.82) is 0 Å². The van der Waals surface area contributed by atoms with Crippen LogP contribution in [0.25, 0.3) is 56.0 Å².